The second-order valence-electron chi connectivity index (χ2n) is 3.38. The van der Waals surface area contributed by atoms with Gasteiger partial charge in [-0.25, -0.2) is 0 Å². The summed E-state index contributed by atoms with van der Waals surface area (Å²) in [6.07, 6.45) is 3.86. The van der Waals surface area contributed by atoms with Crippen LogP contribution in [0.3, 0.4) is 0 Å². The Morgan fingerprint density at radius 1 is 1.20 bits per heavy atom. The molecule has 1 aromatic heterocycles. The normalized spacial score (nSPS) is 12.7. The number of benzene rings is 1. The summed E-state index contributed by atoms with van der Waals surface area (Å²) in [4.78, 5) is 0. The molecule has 0 amide bonds. The molecule has 0 saturated carbocycles. The summed E-state index contributed by atoms with van der Waals surface area (Å²) in [5.41, 5.74) is 1.02. The van der Waals surface area contributed by atoms with Crippen molar-refractivity contribution in [2.24, 2.45) is 0 Å². The van der Waals surface area contributed by atoms with Gasteiger partial charge in [0.25, 0.3) is 0 Å². The highest BCUT2D eigenvalue weighted by Crippen LogP contribution is 2.21. The molecule has 0 bridgehead atoms. The van der Waals surface area contributed by atoms with E-state index in [0.29, 0.717) is 5.02 Å². The second-order valence-corrected chi connectivity index (χ2v) is 3.82. The van der Waals surface area contributed by atoms with Gasteiger partial charge in [0, 0.05) is 17.4 Å². The average Bonchev–Trinajstić information content (AvgIpc) is 2.72. The molecule has 2 aromatic rings. The Bertz CT molecular complexity index is 425. The molecule has 1 N–H and O–H groups in total. The quantitative estimate of drug-likeness (QED) is 0.847. The van der Waals surface area contributed by atoms with Crippen LogP contribution in [0.4, 0.5) is 0 Å². The van der Waals surface area contributed by atoms with E-state index in [0.717, 1.165) is 5.56 Å². The summed E-state index contributed by atoms with van der Waals surface area (Å²) < 4.78 is 1.96. The van der Waals surface area contributed by atoms with Crippen LogP contribution in [-0.2, 0) is 0 Å². The van der Waals surface area contributed by atoms with E-state index >= 15 is 0 Å². The van der Waals surface area contributed by atoms with Crippen LogP contribution in [0.2, 0.25) is 5.02 Å². The number of rotatable bonds is 3. The fourth-order valence-corrected chi connectivity index (χ4v) is 1.84. The molecule has 1 atom stereocenters. The maximum atomic E-state index is 9.38. The van der Waals surface area contributed by atoms with E-state index in [9.17, 15) is 5.11 Å². The van der Waals surface area contributed by atoms with Gasteiger partial charge in [-0.15, -0.1) is 0 Å². The molecule has 0 unspecified atom stereocenters. The van der Waals surface area contributed by atoms with Crippen LogP contribution in [0.25, 0.3) is 0 Å². The van der Waals surface area contributed by atoms with Crippen LogP contribution in [-0.4, -0.2) is 16.3 Å². The van der Waals surface area contributed by atoms with Crippen molar-refractivity contribution in [1.29, 1.82) is 0 Å². The first-order chi connectivity index (χ1) is 7.31. The number of aliphatic hydroxyl groups excluding tert-OH is 1. The average molecular weight is 222 g/mol. The number of hydrogen-bond donors (Lipinski definition) is 1. The number of hydrogen-bond acceptors (Lipinski definition) is 1. The molecule has 1 heterocycles. The molecule has 0 fully saturated rings. The molecular weight excluding hydrogens is 210 g/mol. The Morgan fingerprint density at radius 2 is 1.93 bits per heavy atom. The van der Waals surface area contributed by atoms with Crippen molar-refractivity contribution in [1.82, 2.24) is 4.57 Å². The van der Waals surface area contributed by atoms with Crippen LogP contribution in [0.1, 0.15) is 11.6 Å². The lowest BCUT2D eigenvalue weighted by atomic mass is 10.1. The highest BCUT2D eigenvalue weighted by molar-refractivity contribution is 6.30. The van der Waals surface area contributed by atoms with Crippen LogP contribution in [0.15, 0.2) is 48.8 Å². The molecule has 1 aromatic carbocycles. The Hall–Kier alpha value is -1.25. The van der Waals surface area contributed by atoms with Crippen molar-refractivity contribution in [2.45, 2.75) is 6.04 Å². The molecule has 2 nitrogen and oxygen atoms in total. The van der Waals surface area contributed by atoms with E-state index < -0.39 is 0 Å². The molecule has 2 rings (SSSR count). The third-order valence-corrected chi connectivity index (χ3v) is 2.63. The van der Waals surface area contributed by atoms with Gasteiger partial charge in [0.05, 0.1) is 12.6 Å². The minimum atomic E-state index is -0.0568. The monoisotopic (exact) mass is 221 g/mol. The Labute approximate surface area is 93.7 Å². The van der Waals surface area contributed by atoms with Gasteiger partial charge in [0.15, 0.2) is 0 Å². The minimum absolute atomic E-state index is 0.0568. The van der Waals surface area contributed by atoms with Gasteiger partial charge in [-0.3, -0.25) is 0 Å². The van der Waals surface area contributed by atoms with Gasteiger partial charge in [-0.1, -0.05) is 23.7 Å². The summed E-state index contributed by atoms with van der Waals surface area (Å²) in [6, 6.07) is 11.4. The van der Waals surface area contributed by atoms with Crippen LogP contribution in [0, 0.1) is 0 Å². The lowest BCUT2D eigenvalue weighted by Crippen LogP contribution is -2.12. The zero-order chi connectivity index (χ0) is 10.7. The van der Waals surface area contributed by atoms with Gasteiger partial charge in [-0.2, -0.15) is 0 Å². The Kier molecular flexibility index (Phi) is 3.09. The number of nitrogens with zero attached hydrogens (tertiary/aromatic N) is 1. The van der Waals surface area contributed by atoms with Crippen molar-refractivity contribution in [2.75, 3.05) is 6.61 Å². The van der Waals surface area contributed by atoms with Crippen molar-refractivity contribution in [3.63, 3.8) is 0 Å². The molecule has 0 aliphatic carbocycles. The number of aromatic nitrogens is 1. The molecule has 15 heavy (non-hydrogen) atoms. The van der Waals surface area contributed by atoms with E-state index in [4.69, 9.17) is 11.6 Å². The van der Waals surface area contributed by atoms with Crippen LogP contribution in [0.5, 0.6) is 0 Å². The van der Waals surface area contributed by atoms with Gasteiger partial charge >= 0.3 is 0 Å². The molecule has 3 heteroatoms. The molecule has 0 spiro atoms. The van der Waals surface area contributed by atoms with Crippen molar-refractivity contribution in [3.05, 3.63) is 59.4 Å². The summed E-state index contributed by atoms with van der Waals surface area (Å²) in [5.74, 6) is 0. The van der Waals surface area contributed by atoms with Crippen molar-refractivity contribution >= 4 is 11.6 Å². The first-order valence-electron chi connectivity index (χ1n) is 4.80. The highest BCUT2D eigenvalue weighted by Gasteiger charge is 2.11. The number of halogens is 1. The first-order valence-corrected chi connectivity index (χ1v) is 5.18. The van der Waals surface area contributed by atoms with E-state index in [1.54, 1.807) is 0 Å². The van der Waals surface area contributed by atoms with Crippen molar-refractivity contribution < 1.29 is 5.11 Å². The van der Waals surface area contributed by atoms with Crippen LogP contribution < -0.4 is 0 Å². The topological polar surface area (TPSA) is 25.2 Å². The molecule has 0 radical (unpaired) electrons. The lowest BCUT2D eigenvalue weighted by Gasteiger charge is -2.16. The third-order valence-electron chi connectivity index (χ3n) is 2.39. The van der Waals surface area contributed by atoms with E-state index in [1.807, 2.05) is 53.4 Å². The molecule has 0 saturated heterocycles. The summed E-state index contributed by atoms with van der Waals surface area (Å²) in [6.45, 7) is 0.0645. The molecule has 78 valence electrons. The summed E-state index contributed by atoms with van der Waals surface area (Å²) >= 11 is 5.92. The SMILES string of the molecule is OC[C@H](c1cccc(Cl)c1)n1cccc1. The number of aliphatic hydroxyl groups is 1. The maximum absolute atomic E-state index is 9.38. The van der Waals surface area contributed by atoms with Gasteiger partial charge in [-0.05, 0) is 29.8 Å². The first kappa shape index (κ1) is 10.3. The highest BCUT2D eigenvalue weighted by atomic mass is 35.5. The predicted octanol–water partition coefficient (Wildman–Crippen LogP) is 2.72. The molecular formula is C12H12ClNO. The fourth-order valence-electron chi connectivity index (χ4n) is 1.64. The van der Waals surface area contributed by atoms with E-state index in [-0.39, 0.29) is 12.6 Å². The lowest BCUT2D eigenvalue weighted by molar-refractivity contribution is 0.249. The van der Waals surface area contributed by atoms with Gasteiger partial charge < -0.3 is 9.67 Å². The summed E-state index contributed by atoms with van der Waals surface area (Å²) in [7, 11) is 0. The molecule has 0 aliphatic rings. The molecule has 0 aliphatic heterocycles. The van der Waals surface area contributed by atoms with Crippen molar-refractivity contribution in [3.8, 4) is 0 Å². The van der Waals surface area contributed by atoms with Gasteiger partial charge in [0.1, 0.15) is 0 Å². The van der Waals surface area contributed by atoms with Crippen LogP contribution >= 0.6 is 11.6 Å². The summed E-state index contributed by atoms with van der Waals surface area (Å²) in [5, 5.41) is 10.1. The predicted molar refractivity (Wildman–Crippen MR) is 61.1 cm³/mol. The van der Waals surface area contributed by atoms with E-state index in [2.05, 4.69) is 0 Å². The third kappa shape index (κ3) is 2.22. The minimum Gasteiger partial charge on any atom is -0.394 e. The Morgan fingerprint density at radius 3 is 2.53 bits per heavy atom. The largest absolute Gasteiger partial charge is 0.394 e. The Balaban J connectivity index is 2.35. The zero-order valence-electron chi connectivity index (χ0n) is 8.18. The standard InChI is InChI=1S/C12H12ClNO/c13-11-5-3-4-10(8-11)12(9-15)14-6-1-2-7-14/h1-8,12,15H,9H2/t12-/m1/s1. The zero-order valence-corrected chi connectivity index (χ0v) is 8.93. The fraction of sp³-hybridized carbons (Fsp3) is 0.167. The second kappa shape index (κ2) is 4.51. The smallest absolute Gasteiger partial charge is 0.0811 e. The van der Waals surface area contributed by atoms with E-state index in [1.165, 1.54) is 0 Å². The van der Waals surface area contributed by atoms with Gasteiger partial charge in [0.2, 0.25) is 0 Å². The maximum Gasteiger partial charge on any atom is 0.0811 e.